The SMILES string of the molecule is CCCOc1cccc2c(NN)cc(CC(C)C)nc12. The molecule has 0 amide bonds. The molecule has 108 valence electrons. The van der Waals surface area contributed by atoms with Gasteiger partial charge in [0.2, 0.25) is 0 Å². The van der Waals surface area contributed by atoms with Crippen molar-refractivity contribution in [2.24, 2.45) is 11.8 Å². The van der Waals surface area contributed by atoms with E-state index in [-0.39, 0.29) is 0 Å². The van der Waals surface area contributed by atoms with E-state index in [9.17, 15) is 0 Å². The molecule has 0 unspecified atom stereocenters. The number of nitrogens with zero attached hydrogens (tertiary/aromatic N) is 1. The van der Waals surface area contributed by atoms with Crippen LogP contribution in [0.2, 0.25) is 0 Å². The van der Waals surface area contributed by atoms with Crippen LogP contribution in [-0.2, 0) is 6.42 Å². The average Bonchev–Trinajstić information content (AvgIpc) is 2.43. The number of benzene rings is 1. The molecule has 1 aromatic carbocycles. The maximum absolute atomic E-state index is 5.80. The fourth-order valence-electron chi connectivity index (χ4n) is 2.25. The number of hydrogen-bond donors (Lipinski definition) is 2. The van der Waals surface area contributed by atoms with E-state index in [2.05, 4.69) is 26.2 Å². The molecule has 0 fully saturated rings. The minimum absolute atomic E-state index is 0.550. The van der Waals surface area contributed by atoms with Crippen molar-refractivity contribution >= 4 is 16.6 Å². The van der Waals surface area contributed by atoms with Crippen LogP contribution in [0.15, 0.2) is 24.3 Å². The molecule has 0 atom stereocenters. The van der Waals surface area contributed by atoms with Crippen LogP contribution in [0.1, 0.15) is 32.9 Å². The van der Waals surface area contributed by atoms with Gasteiger partial charge < -0.3 is 10.2 Å². The van der Waals surface area contributed by atoms with Gasteiger partial charge in [0.05, 0.1) is 12.3 Å². The molecule has 3 N–H and O–H groups in total. The molecular weight excluding hydrogens is 250 g/mol. The van der Waals surface area contributed by atoms with Gasteiger partial charge in [-0.25, -0.2) is 4.98 Å². The Labute approximate surface area is 120 Å². The van der Waals surface area contributed by atoms with Gasteiger partial charge in [0.15, 0.2) is 0 Å². The highest BCUT2D eigenvalue weighted by Crippen LogP contribution is 2.30. The predicted molar refractivity (Wildman–Crippen MR) is 83.9 cm³/mol. The van der Waals surface area contributed by atoms with Crippen LogP contribution >= 0.6 is 0 Å². The lowest BCUT2D eigenvalue weighted by Crippen LogP contribution is -2.09. The molecule has 0 bridgehead atoms. The number of anilines is 1. The summed E-state index contributed by atoms with van der Waals surface area (Å²) in [5.74, 6) is 7.02. The standard InChI is InChI=1S/C16H23N3O/c1-4-8-20-15-7-5-6-13-14(19-17)10-12(9-11(2)3)18-16(13)15/h5-7,10-11H,4,8-9,17H2,1-3H3,(H,18,19). The Hall–Kier alpha value is -1.81. The monoisotopic (exact) mass is 273 g/mol. The van der Waals surface area contributed by atoms with E-state index in [1.165, 1.54) is 0 Å². The third-order valence-electron chi connectivity index (χ3n) is 3.09. The van der Waals surface area contributed by atoms with E-state index in [4.69, 9.17) is 15.6 Å². The number of para-hydroxylation sites is 1. The van der Waals surface area contributed by atoms with Gasteiger partial charge in [-0.2, -0.15) is 0 Å². The lowest BCUT2D eigenvalue weighted by atomic mass is 10.1. The summed E-state index contributed by atoms with van der Waals surface area (Å²) >= 11 is 0. The van der Waals surface area contributed by atoms with E-state index in [0.29, 0.717) is 12.5 Å². The number of ether oxygens (including phenoxy) is 1. The van der Waals surface area contributed by atoms with Crippen molar-refractivity contribution < 1.29 is 4.74 Å². The Morgan fingerprint density at radius 2 is 2.15 bits per heavy atom. The van der Waals surface area contributed by atoms with Gasteiger partial charge in [0.1, 0.15) is 11.3 Å². The van der Waals surface area contributed by atoms with Gasteiger partial charge in [-0.15, -0.1) is 0 Å². The van der Waals surface area contributed by atoms with Crippen molar-refractivity contribution in [1.82, 2.24) is 4.98 Å². The Morgan fingerprint density at radius 1 is 1.35 bits per heavy atom. The first kappa shape index (κ1) is 14.6. The molecule has 4 nitrogen and oxygen atoms in total. The first-order valence-electron chi connectivity index (χ1n) is 7.17. The Bertz CT molecular complexity index is 581. The number of nitrogen functional groups attached to an aromatic ring is 1. The molecule has 0 saturated carbocycles. The Morgan fingerprint density at radius 3 is 2.80 bits per heavy atom. The molecule has 0 spiro atoms. The molecule has 0 aliphatic heterocycles. The molecule has 20 heavy (non-hydrogen) atoms. The molecule has 0 aliphatic rings. The van der Waals surface area contributed by atoms with Crippen LogP contribution in [-0.4, -0.2) is 11.6 Å². The zero-order valence-corrected chi connectivity index (χ0v) is 12.4. The number of aromatic nitrogens is 1. The quantitative estimate of drug-likeness (QED) is 0.624. The predicted octanol–water partition coefficient (Wildman–Crippen LogP) is 3.51. The van der Waals surface area contributed by atoms with Crippen LogP contribution in [0.4, 0.5) is 5.69 Å². The highest BCUT2D eigenvalue weighted by molar-refractivity contribution is 5.94. The van der Waals surface area contributed by atoms with Crippen molar-refractivity contribution in [3.63, 3.8) is 0 Å². The van der Waals surface area contributed by atoms with Gasteiger partial charge in [0.25, 0.3) is 0 Å². The van der Waals surface area contributed by atoms with Crippen LogP contribution in [0.5, 0.6) is 5.75 Å². The van der Waals surface area contributed by atoms with Crippen LogP contribution in [0.25, 0.3) is 10.9 Å². The molecule has 0 radical (unpaired) electrons. The van der Waals surface area contributed by atoms with E-state index < -0.39 is 0 Å². The minimum Gasteiger partial charge on any atom is -0.491 e. The zero-order chi connectivity index (χ0) is 14.5. The highest BCUT2D eigenvalue weighted by atomic mass is 16.5. The van der Waals surface area contributed by atoms with Gasteiger partial charge in [0, 0.05) is 11.1 Å². The second kappa shape index (κ2) is 6.57. The first-order valence-corrected chi connectivity index (χ1v) is 7.17. The van der Waals surface area contributed by atoms with Crippen molar-refractivity contribution in [3.05, 3.63) is 30.0 Å². The lowest BCUT2D eigenvalue weighted by Gasteiger charge is -2.13. The van der Waals surface area contributed by atoms with E-state index in [1.807, 2.05) is 24.3 Å². The largest absolute Gasteiger partial charge is 0.491 e. The summed E-state index contributed by atoms with van der Waals surface area (Å²) in [7, 11) is 0. The third kappa shape index (κ3) is 3.20. The summed E-state index contributed by atoms with van der Waals surface area (Å²) in [6.07, 6.45) is 1.90. The number of hydrazine groups is 1. The molecule has 2 aromatic rings. The van der Waals surface area contributed by atoms with Crippen LogP contribution in [0.3, 0.4) is 0 Å². The van der Waals surface area contributed by atoms with E-state index >= 15 is 0 Å². The average molecular weight is 273 g/mol. The van der Waals surface area contributed by atoms with Gasteiger partial charge in [-0.3, -0.25) is 5.84 Å². The Balaban J connectivity index is 2.53. The molecule has 0 aliphatic carbocycles. The Kier molecular flexibility index (Phi) is 4.79. The summed E-state index contributed by atoms with van der Waals surface area (Å²) in [6.45, 7) is 7.15. The number of pyridine rings is 1. The number of nitrogens with two attached hydrogens (primary N) is 1. The van der Waals surface area contributed by atoms with Gasteiger partial charge in [-0.1, -0.05) is 32.9 Å². The third-order valence-corrected chi connectivity index (χ3v) is 3.09. The zero-order valence-electron chi connectivity index (χ0n) is 12.4. The minimum atomic E-state index is 0.550. The fraction of sp³-hybridized carbons (Fsp3) is 0.438. The van der Waals surface area contributed by atoms with Crippen molar-refractivity contribution in [2.75, 3.05) is 12.0 Å². The number of rotatable bonds is 6. The van der Waals surface area contributed by atoms with Crippen molar-refractivity contribution in [2.45, 2.75) is 33.6 Å². The maximum Gasteiger partial charge on any atom is 0.145 e. The summed E-state index contributed by atoms with van der Waals surface area (Å²) in [6, 6.07) is 7.96. The summed E-state index contributed by atoms with van der Waals surface area (Å²) in [5.41, 5.74) is 5.58. The number of hydrogen-bond acceptors (Lipinski definition) is 4. The van der Waals surface area contributed by atoms with E-state index in [1.54, 1.807) is 0 Å². The topological polar surface area (TPSA) is 60.2 Å². The molecule has 1 heterocycles. The fourth-order valence-corrected chi connectivity index (χ4v) is 2.25. The molecular formula is C16H23N3O. The first-order chi connectivity index (χ1) is 9.65. The maximum atomic E-state index is 5.80. The molecule has 4 heteroatoms. The smallest absolute Gasteiger partial charge is 0.145 e. The number of fused-ring (bicyclic) bond motifs is 1. The summed E-state index contributed by atoms with van der Waals surface area (Å²) in [4.78, 5) is 4.76. The molecule has 1 aromatic heterocycles. The second-order valence-corrected chi connectivity index (χ2v) is 5.40. The van der Waals surface area contributed by atoms with Crippen LogP contribution in [0, 0.1) is 5.92 Å². The van der Waals surface area contributed by atoms with E-state index in [0.717, 1.165) is 40.9 Å². The molecule has 0 saturated heterocycles. The summed E-state index contributed by atoms with van der Waals surface area (Å²) < 4.78 is 5.80. The highest BCUT2D eigenvalue weighted by Gasteiger charge is 2.10. The van der Waals surface area contributed by atoms with Crippen molar-refractivity contribution in [3.8, 4) is 5.75 Å². The summed E-state index contributed by atoms with van der Waals surface area (Å²) in [5, 5.41) is 0.994. The van der Waals surface area contributed by atoms with Gasteiger partial charge >= 0.3 is 0 Å². The van der Waals surface area contributed by atoms with Crippen LogP contribution < -0.4 is 16.0 Å². The van der Waals surface area contributed by atoms with Gasteiger partial charge in [-0.05, 0) is 30.9 Å². The number of nitrogens with one attached hydrogen (secondary N) is 1. The lowest BCUT2D eigenvalue weighted by molar-refractivity contribution is 0.320. The van der Waals surface area contributed by atoms with Crippen molar-refractivity contribution in [1.29, 1.82) is 0 Å². The normalized spacial score (nSPS) is 11.1. The second-order valence-electron chi connectivity index (χ2n) is 5.40. The molecule has 2 rings (SSSR count).